The van der Waals surface area contributed by atoms with Crippen molar-refractivity contribution in [3.63, 3.8) is 0 Å². The second kappa shape index (κ2) is 4.27. The van der Waals surface area contributed by atoms with E-state index >= 15 is 0 Å². The standard InChI is InChI=1S/C10H8ClNO3S/c1-15-8(13)5-12-9-6(11)3-2-4-7(9)16-10(12)14/h2-4H,5H2,1H3. The van der Waals surface area contributed by atoms with Crippen LogP contribution in [-0.4, -0.2) is 17.6 Å². The van der Waals surface area contributed by atoms with Crippen molar-refractivity contribution in [2.75, 3.05) is 7.11 Å². The van der Waals surface area contributed by atoms with Gasteiger partial charge in [0, 0.05) is 0 Å². The number of thiazole rings is 1. The molecule has 4 nitrogen and oxygen atoms in total. The normalized spacial score (nSPS) is 10.6. The average molecular weight is 258 g/mol. The number of aromatic nitrogens is 1. The van der Waals surface area contributed by atoms with Crippen molar-refractivity contribution < 1.29 is 9.53 Å². The van der Waals surface area contributed by atoms with Gasteiger partial charge in [-0.2, -0.15) is 0 Å². The fraction of sp³-hybridized carbons (Fsp3) is 0.200. The van der Waals surface area contributed by atoms with Crippen LogP contribution in [0.1, 0.15) is 0 Å². The molecule has 84 valence electrons. The van der Waals surface area contributed by atoms with Gasteiger partial charge in [-0.05, 0) is 12.1 Å². The minimum atomic E-state index is -0.471. The van der Waals surface area contributed by atoms with Crippen molar-refractivity contribution in [1.82, 2.24) is 4.57 Å². The van der Waals surface area contributed by atoms with Crippen LogP contribution in [0.4, 0.5) is 0 Å². The zero-order valence-corrected chi connectivity index (χ0v) is 9.97. The number of benzene rings is 1. The summed E-state index contributed by atoms with van der Waals surface area (Å²) < 4.78 is 6.62. The number of rotatable bonds is 2. The van der Waals surface area contributed by atoms with E-state index in [0.717, 1.165) is 16.0 Å². The minimum absolute atomic E-state index is 0.112. The van der Waals surface area contributed by atoms with E-state index in [-0.39, 0.29) is 11.4 Å². The van der Waals surface area contributed by atoms with Crippen molar-refractivity contribution in [3.05, 3.63) is 32.9 Å². The summed E-state index contributed by atoms with van der Waals surface area (Å²) in [5.74, 6) is -0.471. The van der Waals surface area contributed by atoms with Gasteiger partial charge < -0.3 is 4.74 Å². The van der Waals surface area contributed by atoms with Gasteiger partial charge >= 0.3 is 10.8 Å². The monoisotopic (exact) mass is 257 g/mol. The number of halogens is 1. The fourth-order valence-electron chi connectivity index (χ4n) is 1.42. The van der Waals surface area contributed by atoms with Gasteiger partial charge in [0.1, 0.15) is 6.54 Å². The molecular weight excluding hydrogens is 250 g/mol. The first kappa shape index (κ1) is 11.2. The predicted molar refractivity (Wildman–Crippen MR) is 63.1 cm³/mol. The van der Waals surface area contributed by atoms with E-state index in [0.29, 0.717) is 10.5 Å². The highest BCUT2D eigenvalue weighted by Crippen LogP contribution is 2.24. The molecule has 0 fully saturated rings. The van der Waals surface area contributed by atoms with Crippen molar-refractivity contribution >= 4 is 39.1 Å². The number of nitrogens with zero attached hydrogens (tertiary/aromatic N) is 1. The van der Waals surface area contributed by atoms with E-state index in [2.05, 4.69) is 4.74 Å². The van der Waals surface area contributed by atoms with Crippen LogP contribution < -0.4 is 4.87 Å². The lowest BCUT2D eigenvalue weighted by molar-refractivity contribution is -0.141. The van der Waals surface area contributed by atoms with Gasteiger partial charge in [0.25, 0.3) is 0 Å². The molecule has 0 spiro atoms. The van der Waals surface area contributed by atoms with E-state index in [1.165, 1.54) is 11.7 Å². The van der Waals surface area contributed by atoms with Crippen LogP contribution in [0.3, 0.4) is 0 Å². The van der Waals surface area contributed by atoms with Gasteiger partial charge in [0.15, 0.2) is 0 Å². The maximum absolute atomic E-state index is 11.7. The Morgan fingerprint density at radius 3 is 3.00 bits per heavy atom. The van der Waals surface area contributed by atoms with Gasteiger partial charge in [-0.3, -0.25) is 14.2 Å². The molecule has 6 heteroatoms. The first-order valence-corrected chi connectivity index (χ1v) is 5.67. The molecule has 2 rings (SSSR count). The average Bonchev–Trinajstić information content (AvgIpc) is 2.56. The van der Waals surface area contributed by atoms with Crippen molar-refractivity contribution in [2.45, 2.75) is 6.54 Å². The van der Waals surface area contributed by atoms with E-state index in [1.54, 1.807) is 18.2 Å². The quantitative estimate of drug-likeness (QED) is 0.772. The summed E-state index contributed by atoms with van der Waals surface area (Å²) in [6, 6.07) is 5.24. The molecule has 0 unspecified atom stereocenters. The molecule has 0 aliphatic heterocycles. The van der Waals surface area contributed by atoms with E-state index in [4.69, 9.17) is 11.6 Å². The molecule has 2 aromatic rings. The molecule has 0 N–H and O–H groups in total. The zero-order chi connectivity index (χ0) is 11.7. The zero-order valence-electron chi connectivity index (χ0n) is 8.40. The molecule has 0 saturated heterocycles. The van der Waals surface area contributed by atoms with Crippen molar-refractivity contribution in [2.24, 2.45) is 0 Å². The summed E-state index contributed by atoms with van der Waals surface area (Å²) in [5.41, 5.74) is 0.588. The number of para-hydroxylation sites is 1. The first-order valence-electron chi connectivity index (χ1n) is 4.48. The highest BCUT2D eigenvalue weighted by Gasteiger charge is 2.13. The number of hydrogen-bond donors (Lipinski definition) is 0. The van der Waals surface area contributed by atoms with Gasteiger partial charge in [0.05, 0.1) is 22.3 Å². The Kier molecular flexibility index (Phi) is 2.98. The van der Waals surface area contributed by atoms with E-state index < -0.39 is 5.97 Å². The van der Waals surface area contributed by atoms with Gasteiger partial charge in [0.2, 0.25) is 0 Å². The Balaban J connectivity index is 2.64. The largest absolute Gasteiger partial charge is 0.468 e. The molecule has 0 bridgehead atoms. The topological polar surface area (TPSA) is 48.3 Å². The van der Waals surface area contributed by atoms with Crippen LogP contribution in [0.5, 0.6) is 0 Å². The molecule has 0 aliphatic carbocycles. The SMILES string of the molecule is COC(=O)Cn1c(=O)sc2cccc(Cl)c21. The molecule has 0 radical (unpaired) electrons. The molecule has 1 aromatic carbocycles. The summed E-state index contributed by atoms with van der Waals surface area (Å²) in [7, 11) is 1.28. The molecule has 1 aromatic heterocycles. The molecule has 0 amide bonds. The number of esters is 1. The Labute approximate surface area is 100 Å². The lowest BCUT2D eigenvalue weighted by atomic mass is 10.3. The number of methoxy groups -OCH3 is 1. The number of carbonyl (C=O) groups is 1. The molecule has 0 atom stereocenters. The number of hydrogen-bond acceptors (Lipinski definition) is 4. The van der Waals surface area contributed by atoms with Crippen LogP contribution >= 0.6 is 22.9 Å². The molecule has 0 aliphatic rings. The molecule has 0 saturated carbocycles. The number of ether oxygens (including phenoxy) is 1. The van der Waals surface area contributed by atoms with Crippen LogP contribution in [-0.2, 0) is 16.1 Å². The van der Waals surface area contributed by atoms with Gasteiger partial charge in [-0.25, -0.2) is 0 Å². The Bertz CT molecular complexity index is 602. The summed E-state index contributed by atoms with van der Waals surface area (Å²) in [4.78, 5) is 22.6. The third kappa shape index (κ3) is 1.83. The Morgan fingerprint density at radius 2 is 2.31 bits per heavy atom. The highest BCUT2D eigenvalue weighted by atomic mass is 35.5. The summed E-state index contributed by atoms with van der Waals surface area (Å²) in [6.45, 7) is -0.112. The lowest BCUT2D eigenvalue weighted by Crippen LogP contribution is -2.20. The fourth-order valence-corrected chi connectivity index (χ4v) is 2.67. The predicted octanol–water partition coefficient (Wildman–Crippen LogP) is 1.89. The third-order valence-corrected chi connectivity index (χ3v) is 3.40. The molecule has 1 heterocycles. The van der Waals surface area contributed by atoms with Gasteiger partial charge in [-0.15, -0.1) is 0 Å². The molecular formula is C10H8ClNO3S. The van der Waals surface area contributed by atoms with Crippen LogP contribution in [0.15, 0.2) is 23.0 Å². The third-order valence-electron chi connectivity index (χ3n) is 2.15. The van der Waals surface area contributed by atoms with E-state index in [9.17, 15) is 9.59 Å². The number of carbonyl (C=O) groups excluding carboxylic acids is 1. The smallest absolute Gasteiger partial charge is 0.325 e. The second-order valence-corrected chi connectivity index (χ2v) is 4.52. The molecule has 16 heavy (non-hydrogen) atoms. The highest BCUT2D eigenvalue weighted by molar-refractivity contribution is 7.16. The maximum Gasteiger partial charge on any atom is 0.325 e. The van der Waals surface area contributed by atoms with Crippen molar-refractivity contribution in [3.8, 4) is 0 Å². The second-order valence-electron chi connectivity index (χ2n) is 3.12. The van der Waals surface area contributed by atoms with Crippen LogP contribution in [0.2, 0.25) is 5.02 Å². The summed E-state index contributed by atoms with van der Waals surface area (Å²) >= 11 is 7.06. The van der Waals surface area contributed by atoms with E-state index in [1.807, 2.05) is 0 Å². The Hall–Kier alpha value is -1.33. The van der Waals surface area contributed by atoms with Crippen LogP contribution in [0.25, 0.3) is 10.2 Å². The van der Waals surface area contributed by atoms with Gasteiger partial charge in [-0.1, -0.05) is 29.0 Å². The number of fused-ring (bicyclic) bond motifs is 1. The van der Waals surface area contributed by atoms with Crippen molar-refractivity contribution in [1.29, 1.82) is 0 Å². The first-order chi connectivity index (χ1) is 7.63. The Morgan fingerprint density at radius 1 is 1.56 bits per heavy atom. The minimum Gasteiger partial charge on any atom is -0.468 e. The van der Waals surface area contributed by atoms with Crippen LogP contribution in [0, 0.1) is 0 Å². The lowest BCUT2D eigenvalue weighted by Gasteiger charge is -2.02. The summed E-state index contributed by atoms with van der Waals surface area (Å²) in [5, 5.41) is 0.458. The maximum atomic E-state index is 11.7. The summed E-state index contributed by atoms with van der Waals surface area (Å²) in [6.07, 6.45) is 0.